The molecule has 6 heteroatoms. The Labute approximate surface area is 117 Å². The van der Waals surface area contributed by atoms with Crippen LogP contribution in [0.5, 0.6) is 0 Å². The molecule has 1 fully saturated rings. The number of piperidine rings is 1. The summed E-state index contributed by atoms with van der Waals surface area (Å²) in [7, 11) is 1.34. The van der Waals surface area contributed by atoms with Crippen molar-refractivity contribution in [2.75, 3.05) is 30.8 Å². The predicted octanol–water partition coefficient (Wildman–Crippen LogP) is 0.757. The number of rotatable bonds is 3. The van der Waals surface area contributed by atoms with E-state index in [-0.39, 0.29) is 11.8 Å². The monoisotopic (exact) mass is 277 g/mol. The lowest BCUT2D eigenvalue weighted by Gasteiger charge is -2.33. The summed E-state index contributed by atoms with van der Waals surface area (Å²) < 4.78 is 4.71. The minimum atomic E-state index is -0.390. The van der Waals surface area contributed by atoms with Gasteiger partial charge in [-0.3, -0.25) is 4.79 Å². The maximum absolute atomic E-state index is 11.6. The first-order valence-corrected chi connectivity index (χ1v) is 6.55. The number of hydrogen-bond donors (Lipinski definition) is 2. The van der Waals surface area contributed by atoms with Crippen molar-refractivity contribution in [2.24, 2.45) is 11.7 Å². The molecule has 0 radical (unpaired) electrons. The third-order valence-corrected chi connectivity index (χ3v) is 3.69. The maximum atomic E-state index is 11.6. The second-order valence-corrected chi connectivity index (χ2v) is 4.93. The molecule has 0 unspecified atom stereocenters. The molecule has 1 saturated heterocycles. The first kappa shape index (κ1) is 14.2. The zero-order chi connectivity index (χ0) is 14.7. The average Bonchev–Trinajstić information content (AvgIpc) is 2.47. The fourth-order valence-corrected chi connectivity index (χ4v) is 2.47. The van der Waals surface area contributed by atoms with Crippen molar-refractivity contribution < 1.29 is 14.3 Å². The number of nitrogens with zero attached hydrogens (tertiary/aromatic N) is 1. The molecule has 0 bridgehead atoms. The number of benzene rings is 1. The second-order valence-electron chi connectivity index (χ2n) is 4.93. The predicted molar refractivity (Wildman–Crippen MR) is 76.3 cm³/mol. The number of carbonyl (C=O) groups excluding carboxylic acids is 2. The van der Waals surface area contributed by atoms with Crippen molar-refractivity contribution in [1.82, 2.24) is 0 Å². The Balaban J connectivity index is 2.17. The van der Waals surface area contributed by atoms with Crippen LogP contribution in [0.4, 0.5) is 11.4 Å². The highest BCUT2D eigenvalue weighted by Gasteiger charge is 2.24. The van der Waals surface area contributed by atoms with E-state index in [0.29, 0.717) is 37.2 Å². The summed E-state index contributed by atoms with van der Waals surface area (Å²) in [6, 6.07) is 5.06. The largest absolute Gasteiger partial charge is 0.465 e. The number of nitrogen functional groups attached to an aromatic ring is 1. The maximum Gasteiger partial charge on any atom is 0.337 e. The molecule has 1 aromatic rings. The molecule has 0 spiro atoms. The van der Waals surface area contributed by atoms with Gasteiger partial charge in [-0.15, -0.1) is 0 Å². The molecule has 0 aliphatic carbocycles. The molecule has 108 valence electrons. The van der Waals surface area contributed by atoms with Gasteiger partial charge in [-0.1, -0.05) is 0 Å². The molecular formula is C14H19N3O3. The van der Waals surface area contributed by atoms with Gasteiger partial charge in [-0.05, 0) is 31.0 Å². The van der Waals surface area contributed by atoms with E-state index in [0.717, 1.165) is 5.69 Å². The number of carbonyl (C=O) groups is 2. The van der Waals surface area contributed by atoms with E-state index in [2.05, 4.69) is 4.90 Å². The highest BCUT2D eigenvalue weighted by molar-refractivity contribution is 5.92. The molecule has 0 aromatic heterocycles. The smallest absolute Gasteiger partial charge is 0.337 e. The van der Waals surface area contributed by atoms with E-state index in [1.807, 2.05) is 0 Å². The lowest BCUT2D eigenvalue weighted by molar-refractivity contribution is -0.122. The topological polar surface area (TPSA) is 98.7 Å². The fourth-order valence-electron chi connectivity index (χ4n) is 2.47. The van der Waals surface area contributed by atoms with Crippen LogP contribution in [0.15, 0.2) is 18.2 Å². The van der Waals surface area contributed by atoms with Crippen LogP contribution in [0.25, 0.3) is 0 Å². The Hall–Kier alpha value is -2.24. The minimum Gasteiger partial charge on any atom is -0.465 e. The van der Waals surface area contributed by atoms with Gasteiger partial charge in [0.15, 0.2) is 0 Å². The van der Waals surface area contributed by atoms with Crippen LogP contribution in [0.3, 0.4) is 0 Å². The van der Waals surface area contributed by atoms with Gasteiger partial charge in [-0.2, -0.15) is 0 Å². The Kier molecular flexibility index (Phi) is 4.12. The summed E-state index contributed by atoms with van der Waals surface area (Å²) in [6.45, 7) is 1.39. The van der Waals surface area contributed by atoms with E-state index in [1.54, 1.807) is 18.2 Å². The van der Waals surface area contributed by atoms with Crippen molar-refractivity contribution in [3.63, 3.8) is 0 Å². The van der Waals surface area contributed by atoms with Gasteiger partial charge in [0.05, 0.1) is 24.0 Å². The fraction of sp³-hybridized carbons (Fsp3) is 0.429. The normalized spacial score (nSPS) is 15.9. The molecule has 0 saturated carbocycles. The van der Waals surface area contributed by atoms with Crippen molar-refractivity contribution in [3.8, 4) is 0 Å². The highest BCUT2D eigenvalue weighted by Crippen LogP contribution is 2.29. The number of primary amides is 1. The average molecular weight is 277 g/mol. The summed E-state index contributed by atoms with van der Waals surface area (Å²) in [5, 5.41) is 0. The van der Waals surface area contributed by atoms with Gasteiger partial charge in [0.1, 0.15) is 0 Å². The Bertz CT molecular complexity index is 522. The molecule has 1 aromatic carbocycles. The van der Waals surface area contributed by atoms with E-state index in [1.165, 1.54) is 7.11 Å². The number of methoxy groups -OCH3 is 1. The molecule has 1 amide bonds. The van der Waals surface area contributed by atoms with Gasteiger partial charge in [0, 0.05) is 19.0 Å². The number of ether oxygens (including phenoxy) is 1. The summed E-state index contributed by atoms with van der Waals surface area (Å²) in [5.74, 6) is -0.713. The molecule has 4 N–H and O–H groups in total. The van der Waals surface area contributed by atoms with Gasteiger partial charge in [0.2, 0.25) is 5.91 Å². The zero-order valence-electron chi connectivity index (χ0n) is 11.5. The number of amides is 1. The molecule has 20 heavy (non-hydrogen) atoms. The minimum absolute atomic E-state index is 0.0729. The van der Waals surface area contributed by atoms with E-state index in [9.17, 15) is 9.59 Å². The van der Waals surface area contributed by atoms with Gasteiger partial charge >= 0.3 is 5.97 Å². The third kappa shape index (κ3) is 2.84. The molecule has 6 nitrogen and oxygen atoms in total. The van der Waals surface area contributed by atoms with Gasteiger partial charge in [-0.25, -0.2) is 4.79 Å². The van der Waals surface area contributed by atoms with Gasteiger partial charge in [0.25, 0.3) is 0 Å². The Morgan fingerprint density at radius 2 is 1.95 bits per heavy atom. The van der Waals surface area contributed by atoms with Crippen molar-refractivity contribution >= 4 is 23.3 Å². The van der Waals surface area contributed by atoms with Gasteiger partial charge < -0.3 is 21.1 Å². The van der Waals surface area contributed by atoms with Crippen LogP contribution < -0.4 is 16.4 Å². The van der Waals surface area contributed by atoms with Crippen molar-refractivity contribution in [2.45, 2.75) is 12.8 Å². The summed E-state index contributed by atoms with van der Waals surface area (Å²) in [4.78, 5) is 24.8. The standard InChI is InChI=1S/C14H19N3O3/c1-20-14(19)10-2-3-11(15)12(8-10)17-6-4-9(5-7-17)13(16)18/h2-3,8-9H,4-7,15H2,1H3,(H2,16,18). The molecular weight excluding hydrogens is 258 g/mol. The number of anilines is 2. The quantitative estimate of drug-likeness (QED) is 0.627. The first-order valence-electron chi connectivity index (χ1n) is 6.55. The molecule has 1 heterocycles. The molecule has 2 rings (SSSR count). The zero-order valence-corrected chi connectivity index (χ0v) is 11.5. The van der Waals surface area contributed by atoms with Crippen LogP contribution in [0.2, 0.25) is 0 Å². The highest BCUT2D eigenvalue weighted by atomic mass is 16.5. The summed E-state index contributed by atoms with van der Waals surface area (Å²) in [6.07, 6.45) is 1.41. The van der Waals surface area contributed by atoms with Crippen LogP contribution in [-0.2, 0) is 9.53 Å². The second kappa shape index (κ2) is 5.81. The van der Waals surface area contributed by atoms with Crippen LogP contribution in [0.1, 0.15) is 23.2 Å². The first-order chi connectivity index (χ1) is 9.52. The van der Waals surface area contributed by atoms with Crippen molar-refractivity contribution in [3.05, 3.63) is 23.8 Å². The Morgan fingerprint density at radius 3 is 2.50 bits per heavy atom. The lowest BCUT2D eigenvalue weighted by atomic mass is 9.95. The molecule has 0 atom stereocenters. The van der Waals surface area contributed by atoms with Crippen LogP contribution >= 0.6 is 0 Å². The Morgan fingerprint density at radius 1 is 1.30 bits per heavy atom. The van der Waals surface area contributed by atoms with E-state index in [4.69, 9.17) is 16.2 Å². The van der Waals surface area contributed by atoms with E-state index < -0.39 is 5.97 Å². The molecule has 1 aliphatic rings. The van der Waals surface area contributed by atoms with Crippen LogP contribution in [0, 0.1) is 5.92 Å². The SMILES string of the molecule is COC(=O)c1ccc(N)c(N2CCC(C(N)=O)CC2)c1. The number of esters is 1. The number of nitrogens with two attached hydrogens (primary N) is 2. The molecule has 1 aliphatic heterocycles. The number of hydrogen-bond acceptors (Lipinski definition) is 5. The third-order valence-electron chi connectivity index (χ3n) is 3.69. The lowest BCUT2D eigenvalue weighted by Crippen LogP contribution is -2.38. The van der Waals surface area contributed by atoms with Crippen LogP contribution in [-0.4, -0.2) is 32.1 Å². The van der Waals surface area contributed by atoms with E-state index >= 15 is 0 Å². The summed E-state index contributed by atoms with van der Waals surface area (Å²) >= 11 is 0. The van der Waals surface area contributed by atoms with Crippen molar-refractivity contribution in [1.29, 1.82) is 0 Å². The summed E-state index contributed by atoms with van der Waals surface area (Å²) in [5.41, 5.74) is 13.2.